The Morgan fingerprint density at radius 1 is 1.64 bits per heavy atom. The highest BCUT2D eigenvalue weighted by atomic mass is 16.5. The Bertz CT molecular complexity index is 313. The molecule has 1 aliphatic rings. The molecule has 0 saturated heterocycles. The Kier molecular flexibility index (Phi) is 3.71. The van der Waals surface area contributed by atoms with Gasteiger partial charge in [0.1, 0.15) is 11.7 Å². The Labute approximate surface area is 82.3 Å². The van der Waals surface area contributed by atoms with Crippen molar-refractivity contribution in [2.75, 3.05) is 6.61 Å². The van der Waals surface area contributed by atoms with Gasteiger partial charge < -0.3 is 14.8 Å². The van der Waals surface area contributed by atoms with Crippen LogP contribution in [0.5, 0.6) is 0 Å². The van der Waals surface area contributed by atoms with Crippen molar-refractivity contribution in [3.63, 3.8) is 0 Å². The third kappa shape index (κ3) is 2.14. The van der Waals surface area contributed by atoms with Gasteiger partial charge in [-0.1, -0.05) is 12.2 Å². The minimum atomic E-state index is -1.60. The first-order chi connectivity index (χ1) is 6.70. The molecule has 2 N–H and O–H groups in total. The molecule has 0 saturated carbocycles. The molecule has 0 aromatic carbocycles. The van der Waals surface area contributed by atoms with Crippen LogP contribution in [0.1, 0.15) is 6.92 Å². The fraction of sp³-hybridized carbons (Fsp3) is 0.333. The molecule has 0 radical (unpaired) electrons. The number of carbonyl (C=O) groups excluding carboxylic acids is 1. The number of hydrogen-bond donors (Lipinski definition) is 2. The van der Waals surface area contributed by atoms with Crippen LogP contribution in [0.2, 0.25) is 5.82 Å². The zero-order chi connectivity index (χ0) is 10.6. The lowest BCUT2D eigenvalue weighted by Gasteiger charge is -2.18. The van der Waals surface area contributed by atoms with Gasteiger partial charge in [-0.3, -0.25) is 0 Å². The van der Waals surface area contributed by atoms with Crippen molar-refractivity contribution in [2.24, 2.45) is 0 Å². The van der Waals surface area contributed by atoms with E-state index in [0.717, 1.165) is 0 Å². The fourth-order valence-electron chi connectivity index (χ4n) is 1.26. The van der Waals surface area contributed by atoms with Gasteiger partial charge in [0.05, 0.1) is 18.0 Å². The quantitative estimate of drug-likeness (QED) is 0.493. The van der Waals surface area contributed by atoms with Gasteiger partial charge >= 0.3 is 7.12 Å². The minimum absolute atomic E-state index is 0.143. The van der Waals surface area contributed by atoms with E-state index in [9.17, 15) is 4.79 Å². The van der Waals surface area contributed by atoms with Crippen LogP contribution < -0.4 is 0 Å². The lowest BCUT2D eigenvalue weighted by molar-refractivity contribution is 0.235. The molecular weight excluding hydrogens is 183 g/mol. The molecule has 74 valence electrons. The zero-order valence-corrected chi connectivity index (χ0v) is 7.80. The molecule has 0 aromatic heterocycles. The van der Waals surface area contributed by atoms with E-state index in [-0.39, 0.29) is 5.57 Å². The normalized spacial score (nSPS) is 20.1. The molecule has 0 amide bonds. The van der Waals surface area contributed by atoms with E-state index in [2.05, 4.69) is 0 Å². The molecular formula is C9H11BO4. The van der Waals surface area contributed by atoms with Crippen LogP contribution in [-0.4, -0.2) is 29.7 Å². The minimum Gasteiger partial charge on any atom is -0.493 e. The van der Waals surface area contributed by atoms with Gasteiger partial charge in [0.25, 0.3) is 0 Å². The molecule has 0 heterocycles. The monoisotopic (exact) mass is 194 g/mol. The molecule has 0 spiro atoms. The highest BCUT2D eigenvalue weighted by Gasteiger charge is 2.30. The summed E-state index contributed by atoms with van der Waals surface area (Å²) >= 11 is 0. The summed E-state index contributed by atoms with van der Waals surface area (Å²) in [4.78, 5) is 10.6. The largest absolute Gasteiger partial charge is 0.493 e. The predicted octanol–water partition coefficient (Wildman–Crippen LogP) is 0.0776. The summed E-state index contributed by atoms with van der Waals surface area (Å²) in [5, 5.41) is 18.0. The van der Waals surface area contributed by atoms with Crippen LogP contribution in [-0.2, 0) is 9.53 Å². The van der Waals surface area contributed by atoms with Gasteiger partial charge in [0, 0.05) is 0 Å². The number of allylic oxidation sites excluding steroid dienone is 4. The molecule has 0 bridgehead atoms. The standard InChI is InChI=1S/C9H11BO4/c1-2-14-9-5-3-4-8(10(12)13)7(9)6-11/h3-5,8,12-13H,2H2,1H3. The van der Waals surface area contributed by atoms with E-state index in [1.54, 1.807) is 25.0 Å². The predicted molar refractivity (Wildman–Crippen MR) is 52.0 cm³/mol. The van der Waals surface area contributed by atoms with E-state index < -0.39 is 12.9 Å². The van der Waals surface area contributed by atoms with Crippen LogP contribution in [0.4, 0.5) is 0 Å². The van der Waals surface area contributed by atoms with Gasteiger partial charge in [-0.25, -0.2) is 4.79 Å². The maximum Gasteiger partial charge on any atom is 0.464 e. The first-order valence-corrected chi connectivity index (χ1v) is 4.33. The van der Waals surface area contributed by atoms with Gasteiger partial charge in [-0.2, -0.15) is 0 Å². The van der Waals surface area contributed by atoms with Crippen LogP contribution in [0.15, 0.2) is 29.6 Å². The van der Waals surface area contributed by atoms with E-state index in [0.29, 0.717) is 12.4 Å². The number of hydrogen-bond acceptors (Lipinski definition) is 4. The summed E-state index contributed by atoms with van der Waals surface area (Å²) in [7, 11) is -1.60. The van der Waals surface area contributed by atoms with Crippen LogP contribution >= 0.6 is 0 Å². The topological polar surface area (TPSA) is 66.8 Å². The smallest absolute Gasteiger partial charge is 0.464 e. The molecule has 0 aliphatic heterocycles. The Morgan fingerprint density at radius 2 is 2.36 bits per heavy atom. The summed E-state index contributed by atoms with van der Waals surface area (Å²) < 4.78 is 5.15. The zero-order valence-electron chi connectivity index (χ0n) is 7.80. The third-order valence-corrected chi connectivity index (χ3v) is 1.90. The van der Waals surface area contributed by atoms with Crippen molar-refractivity contribution in [3.8, 4) is 0 Å². The molecule has 1 unspecified atom stereocenters. The van der Waals surface area contributed by atoms with Crippen LogP contribution in [0.3, 0.4) is 0 Å². The first kappa shape index (κ1) is 10.8. The van der Waals surface area contributed by atoms with Crippen molar-refractivity contribution in [1.82, 2.24) is 0 Å². The summed E-state index contributed by atoms with van der Waals surface area (Å²) in [6.07, 6.45) is 4.74. The summed E-state index contributed by atoms with van der Waals surface area (Å²) in [5.41, 5.74) is 0.143. The molecule has 1 rings (SSSR count). The van der Waals surface area contributed by atoms with Crippen molar-refractivity contribution < 1.29 is 19.6 Å². The lowest BCUT2D eigenvalue weighted by Crippen LogP contribution is -2.23. The third-order valence-electron chi connectivity index (χ3n) is 1.90. The van der Waals surface area contributed by atoms with Gasteiger partial charge in [-0.05, 0) is 13.0 Å². The lowest BCUT2D eigenvalue weighted by atomic mass is 9.67. The van der Waals surface area contributed by atoms with Gasteiger partial charge in [-0.15, -0.1) is 0 Å². The molecule has 4 nitrogen and oxygen atoms in total. The van der Waals surface area contributed by atoms with Crippen molar-refractivity contribution >= 4 is 13.1 Å². The Balaban J connectivity index is 2.94. The van der Waals surface area contributed by atoms with Crippen molar-refractivity contribution in [1.29, 1.82) is 0 Å². The van der Waals surface area contributed by atoms with Gasteiger partial charge in [0.2, 0.25) is 0 Å². The maximum absolute atomic E-state index is 10.6. The van der Waals surface area contributed by atoms with Crippen LogP contribution in [0.25, 0.3) is 0 Å². The SMILES string of the molecule is CCOC1=CC=CC(B(O)O)C1=C=O. The summed E-state index contributed by atoms with van der Waals surface area (Å²) in [6, 6.07) is 0. The van der Waals surface area contributed by atoms with E-state index in [4.69, 9.17) is 14.8 Å². The maximum atomic E-state index is 10.6. The molecule has 1 atom stereocenters. The summed E-state index contributed by atoms with van der Waals surface area (Å²) in [5.74, 6) is 1.27. The Hall–Kier alpha value is -1.29. The van der Waals surface area contributed by atoms with E-state index in [1.807, 2.05) is 0 Å². The van der Waals surface area contributed by atoms with Crippen LogP contribution in [0, 0.1) is 0 Å². The summed E-state index contributed by atoms with van der Waals surface area (Å²) in [6.45, 7) is 2.20. The number of ether oxygens (including phenoxy) is 1. The molecule has 0 aromatic rings. The first-order valence-electron chi connectivity index (χ1n) is 4.33. The highest BCUT2D eigenvalue weighted by molar-refractivity contribution is 6.45. The van der Waals surface area contributed by atoms with Gasteiger partial charge in [0.15, 0.2) is 0 Å². The van der Waals surface area contributed by atoms with E-state index in [1.165, 1.54) is 6.08 Å². The van der Waals surface area contributed by atoms with E-state index >= 15 is 0 Å². The highest BCUT2D eigenvalue weighted by Crippen LogP contribution is 2.29. The fourth-order valence-corrected chi connectivity index (χ4v) is 1.26. The number of rotatable bonds is 3. The average Bonchev–Trinajstić information content (AvgIpc) is 2.18. The van der Waals surface area contributed by atoms with Crippen molar-refractivity contribution in [3.05, 3.63) is 29.6 Å². The molecule has 14 heavy (non-hydrogen) atoms. The molecule has 5 heteroatoms. The average molecular weight is 194 g/mol. The Morgan fingerprint density at radius 3 is 2.86 bits per heavy atom. The van der Waals surface area contributed by atoms with Crippen molar-refractivity contribution in [2.45, 2.75) is 12.7 Å². The second-order valence-electron chi connectivity index (χ2n) is 2.80. The molecule has 0 fully saturated rings. The second kappa shape index (κ2) is 4.81. The second-order valence-corrected chi connectivity index (χ2v) is 2.80. The molecule has 1 aliphatic carbocycles.